The Kier molecular flexibility index (Phi) is 5.56. The minimum Gasteiger partial charge on any atom is -0.377 e. The standard InChI is InChI=1S/C14H24ClN3O/c1-9(2)19-8-7-16-12-10(3)11(15)17-13(18-12)14(4,5)6/h9H,7-8H2,1-6H3,(H,16,17,18). The number of hydrogen-bond donors (Lipinski definition) is 1. The van der Waals surface area contributed by atoms with Crippen LogP contribution in [-0.2, 0) is 10.2 Å². The summed E-state index contributed by atoms with van der Waals surface area (Å²) >= 11 is 6.17. The van der Waals surface area contributed by atoms with E-state index < -0.39 is 0 Å². The average molecular weight is 286 g/mol. The van der Waals surface area contributed by atoms with E-state index in [-0.39, 0.29) is 11.5 Å². The molecule has 0 radical (unpaired) electrons. The number of rotatable bonds is 5. The van der Waals surface area contributed by atoms with Gasteiger partial charge in [-0.05, 0) is 20.8 Å². The first-order valence-electron chi connectivity index (χ1n) is 6.62. The van der Waals surface area contributed by atoms with E-state index in [1.807, 2.05) is 20.8 Å². The molecule has 0 unspecified atom stereocenters. The molecule has 0 saturated heterocycles. The molecule has 1 N–H and O–H groups in total. The summed E-state index contributed by atoms with van der Waals surface area (Å²) in [5.74, 6) is 1.53. The van der Waals surface area contributed by atoms with Crippen LogP contribution in [0.15, 0.2) is 0 Å². The molecule has 1 aromatic rings. The molecule has 19 heavy (non-hydrogen) atoms. The van der Waals surface area contributed by atoms with Crippen molar-refractivity contribution in [1.29, 1.82) is 0 Å². The smallest absolute Gasteiger partial charge is 0.137 e. The van der Waals surface area contributed by atoms with E-state index in [1.54, 1.807) is 0 Å². The Balaban J connectivity index is 2.79. The Morgan fingerprint density at radius 1 is 1.26 bits per heavy atom. The van der Waals surface area contributed by atoms with Crippen LogP contribution in [0.25, 0.3) is 0 Å². The van der Waals surface area contributed by atoms with Crippen molar-refractivity contribution >= 4 is 17.4 Å². The third kappa shape index (κ3) is 4.96. The molecule has 1 rings (SSSR count). The highest BCUT2D eigenvalue weighted by atomic mass is 35.5. The van der Waals surface area contributed by atoms with Gasteiger partial charge in [0.1, 0.15) is 16.8 Å². The summed E-state index contributed by atoms with van der Waals surface area (Å²) < 4.78 is 5.49. The van der Waals surface area contributed by atoms with E-state index >= 15 is 0 Å². The lowest BCUT2D eigenvalue weighted by molar-refractivity contribution is 0.0870. The molecule has 0 bridgehead atoms. The van der Waals surface area contributed by atoms with Gasteiger partial charge in [0, 0.05) is 17.5 Å². The first-order valence-corrected chi connectivity index (χ1v) is 6.99. The Hall–Kier alpha value is -0.870. The molecule has 0 aliphatic carbocycles. The summed E-state index contributed by atoms with van der Waals surface area (Å²) in [7, 11) is 0. The van der Waals surface area contributed by atoms with Crippen molar-refractivity contribution in [2.24, 2.45) is 0 Å². The van der Waals surface area contributed by atoms with E-state index in [9.17, 15) is 0 Å². The van der Waals surface area contributed by atoms with Crippen molar-refractivity contribution in [3.8, 4) is 0 Å². The number of ether oxygens (including phenoxy) is 1. The van der Waals surface area contributed by atoms with Crippen LogP contribution in [0.2, 0.25) is 5.15 Å². The molecule has 1 aromatic heterocycles. The van der Waals surface area contributed by atoms with E-state index in [2.05, 4.69) is 36.1 Å². The molecule has 0 saturated carbocycles. The lowest BCUT2D eigenvalue weighted by atomic mass is 9.95. The van der Waals surface area contributed by atoms with E-state index in [1.165, 1.54) is 0 Å². The van der Waals surface area contributed by atoms with Gasteiger partial charge in [0.15, 0.2) is 0 Å². The summed E-state index contributed by atoms with van der Waals surface area (Å²) in [5, 5.41) is 3.77. The quantitative estimate of drug-likeness (QED) is 0.664. The van der Waals surface area contributed by atoms with Gasteiger partial charge in [-0.25, -0.2) is 9.97 Å². The zero-order valence-electron chi connectivity index (χ0n) is 12.7. The van der Waals surface area contributed by atoms with Gasteiger partial charge in [-0.1, -0.05) is 32.4 Å². The molecule has 0 atom stereocenters. The van der Waals surface area contributed by atoms with Gasteiger partial charge >= 0.3 is 0 Å². The van der Waals surface area contributed by atoms with Crippen LogP contribution in [0.5, 0.6) is 0 Å². The van der Waals surface area contributed by atoms with Gasteiger partial charge in [-0.2, -0.15) is 0 Å². The second-order valence-corrected chi connectivity index (χ2v) is 6.27. The van der Waals surface area contributed by atoms with Crippen molar-refractivity contribution in [3.63, 3.8) is 0 Å². The zero-order valence-corrected chi connectivity index (χ0v) is 13.4. The number of hydrogen-bond acceptors (Lipinski definition) is 4. The molecule has 1 heterocycles. The molecule has 108 valence electrons. The summed E-state index contributed by atoms with van der Waals surface area (Å²) in [5.41, 5.74) is 0.751. The third-order valence-corrected chi connectivity index (χ3v) is 2.97. The maximum Gasteiger partial charge on any atom is 0.137 e. The molecule has 0 fully saturated rings. The lowest BCUT2D eigenvalue weighted by Gasteiger charge is -2.19. The summed E-state index contributed by atoms with van der Waals surface area (Å²) in [4.78, 5) is 8.90. The molecule has 4 nitrogen and oxygen atoms in total. The highest BCUT2D eigenvalue weighted by Crippen LogP contribution is 2.25. The van der Waals surface area contributed by atoms with Crippen LogP contribution in [0.1, 0.15) is 46.0 Å². The number of nitrogens with zero attached hydrogens (tertiary/aromatic N) is 2. The monoisotopic (exact) mass is 285 g/mol. The number of nitrogens with one attached hydrogen (secondary N) is 1. The predicted octanol–water partition coefficient (Wildman–Crippen LogP) is 3.57. The summed E-state index contributed by atoms with van der Waals surface area (Å²) in [6, 6.07) is 0. The van der Waals surface area contributed by atoms with Gasteiger partial charge in [0.25, 0.3) is 0 Å². The Morgan fingerprint density at radius 3 is 2.42 bits per heavy atom. The minimum atomic E-state index is -0.123. The fourth-order valence-electron chi connectivity index (χ4n) is 1.46. The van der Waals surface area contributed by atoms with Gasteiger partial charge in [0.05, 0.1) is 12.7 Å². The fraction of sp³-hybridized carbons (Fsp3) is 0.714. The number of anilines is 1. The molecule has 0 aliphatic rings. The van der Waals surface area contributed by atoms with Crippen molar-refractivity contribution in [3.05, 3.63) is 16.5 Å². The molecule has 5 heteroatoms. The summed E-state index contributed by atoms with van der Waals surface area (Å²) in [6.45, 7) is 13.5. The van der Waals surface area contributed by atoms with Crippen LogP contribution < -0.4 is 5.32 Å². The van der Waals surface area contributed by atoms with E-state index in [0.717, 1.165) is 17.2 Å². The van der Waals surface area contributed by atoms with E-state index in [4.69, 9.17) is 16.3 Å². The highest BCUT2D eigenvalue weighted by molar-refractivity contribution is 6.30. The van der Waals surface area contributed by atoms with Gasteiger partial charge in [0.2, 0.25) is 0 Å². The van der Waals surface area contributed by atoms with Crippen LogP contribution in [0.4, 0.5) is 5.82 Å². The first-order chi connectivity index (χ1) is 8.71. The number of halogens is 1. The molecule has 0 aromatic carbocycles. The van der Waals surface area contributed by atoms with Crippen LogP contribution in [0, 0.1) is 6.92 Å². The second-order valence-electron chi connectivity index (χ2n) is 5.91. The Labute approximate surface area is 120 Å². The lowest BCUT2D eigenvalue weighted by Crippen LogP contribution is -2.20. The summed E-state index contributed by atoms with van der Waals surface area (Å²) in [6.07, 6.45) is 0.238. The van der Waals surface area contributed by atoms with Gasteiger partial charge in [-0.3, -0.25) is 0 Å². The maximum absolute atomic E-state index is 6.17. The van der Waals surface area contributed by atoms with Crippen LogP contribution >= 0.6 is 11.6 Å². The van der Waals surface area contributed by atoms with Crippen molar-refractivity contribution < 1.29 is 4.74 Å². The highest BCUT2D eigenvalue weighted by Gasteiger charge is 2.20. The molecule has 0 amide bonds. The molecular formula is C14H24ClN3O. The largest absolute Gasteiger partial charge is 0.377 e. The first kappa shape index (κ1) is 16.2. The molecular weight excluding hydrogens is 262 g/mol. The number of aromatic nitrogens is 2. The average Bonchev–Trinajstić information content (AvgIpc) is 2.27. The van der Waals surface area contributed by atoms with E-state index in [0.29, 0.717) is 18.3 Å². The molecule has 0 aliphatic heterocycles. The molecule has 0 spiro atoms. The van der Waals surface area contributed by atoms with Gasteiger partial charge in [-0.15, -0.1) is 0 Å². The maximum atomic E-state index is 6.17. The zero-order chi connectivity index (χ0) is 14.6. The van der Waals surface area contributed by atoms with Crippen molar-refractivity contribution in [2.75, 3.05) is 18.5 Å². The SMILES string of the molecule is Cc1c(Cl)nc(C(C)(C)C)nc1NCCOC(C)C. The second kappa shape index (κ2) is 6.53. The van der Waals surface area contributed by atoms with Crippen LogP contribution in [0.3, 0.4) is 0 Å². The van der Waals surface area contributed by atoms with Crippen LogP contribution in [-0.4, -0.2) is 29.2 Å². The normalized spacial score (nSPS) is 12.0. The van der Waals surface area contributed by atoms with Crippen molar-refractivity contribution in [2.45, 2.75) is 53.1 Å². The Bertz CT molecular complexity index is 427. The van der Waals surface area contributed by atoms with Gasteiger partial charge < -0.3 is 10.1 Å². The topological polar surface area (TPSA) is 47.0 Å². The predicted molar refractivity (Wildman–Crippen MR) is 80.1 cm³/mol. The minimum absolute atomic E-state index is 0.123. The third-order valence-electron chi connectivity index (χ3n) is 2.60. The van der Waals surface area contributed by atoms with Crippen molar-refractivity contribution in [1.82, 2.24) is 9.97 Å². The Morgan fingerprint density at radius 2 is 1.89 bits per heavy atom. The fourth-order valence-corrected chi connectivity index (χ4v) is 1.63.